The Bertz CT molecular complexity index is 2400. The number of hydrogen-bond donors (Lipinski definition) is 2. The van der Waals surface area contributed by atoms with Crippen LogP contribution in [0.2, 0.25) is 15.1 Å². The topological polar surface area (TPSA) is 135 Å². The van der Waals surface area contributed by atoms with Crippen LogP contribution in [0.3, 0.4) is 0 Å². The van der Waals surface area contributed by atoms with Crippen molar-refractivity contribution < 1.29 is 14.3 Å². The first-order valence-electron chi connectivity index (χ1n) is 18.9. The van der Waals surface area contributed by atoms with Crippen LogP contribution in [-0.2, 0) is 0 Å². The van der Waals surface area contributed by atoms with E-state index in [1.54, 1.807) is 61.8 Å². The third kappa shape index (κ3) is 8.73. The molecule has 0 unspecified atom stereocenters. The highest BCUT2D eigenvalue weighted by Crippen LogP contribution is 2.35. The number of nitrogens with one attached hydrogen (secondary N) is 2. The van der Waals surface area contributed by atoms with Gasteiger partial charge in [-0.3, -0.25) is 9.59 Å². The fraction of sp³-hybridized carbons (Fsp3) is 0.366. The Labute approximate surface area is 346 Å². The molecule has 2 N–H and O–H groups in total. The van der Waals surface area contributed by atoms with Gasteiger partial charge >= 0.3 is 0 Å². The third-order valence-electron chi connectivity index (χ3n) is 10.6. The Morgan fingerprint density at radius 2 is 1.05 bits per heavy atom. The number of piperidine rings is 2. The molecule has 0 atom stereocenters. The van der Waals surface area contributed by atoms with Crippen LogP contribution in [0, 0.1) is 13.8 Å². The number of likely N-dealkylation sites (tertiary alicyclic amines) is 2. The number of methoxy groups -OCH3 is 1. The van der Waals surface area contributed by atoms with Crippen LogP contribution in [0.15, 0.2) is 60.9 Å². The number of carbonyl (C=O) groups excluding carboxylic acids is 2. The maximum absolute atomic E-state index is 12.9. The van der Waals surface area contributed by atoms with E-state index in [0.29, 0.717) is 55.4 Å². The monoisotopic (exact) mass is 830 g/mol. The molecule has 8 rings (SSSR count). The largest absolute Gasteiger partial charge is 0.495 e. The van der Waals surface area contributed by atoms with E-state index in [1.165, 1.54) is 6.20 Å². The maximum atomic E-state index is 12.9. The van der Waals surface area contributed by atoms with Gasteiger partial charge < -0.3 is 25.2 Å². The maximum Gasteiger partial charge on any atom is 0.261 e. The third-order valence-corrected chi connectivity index (χ3v) is 11.5. The van der Waals surface area contributed by atoms with E-state index in [2.05, 4.69) is 44.5 Å². The average Bonchev–Trinajstić information content (AvgIpc) is 3.73. The zero-order chi connectivity index (χ0) is 40.4. The molecule has 0 bridgehead atoms. The Hall–Kier alpha value is -4.79. The summed E-state index contributed by atoms with van der Waals surface area (Å²) in [5.41, 5.74) is 5.09. The van der Waals surface area contributed by atoms with E-state index >= 15 is 0 Å². The molecule has 57 heavy (non-hydrogen) atoms. The second kappa shape index (κ2) is 17.4. The summed E-state index contributed by atoms with van der Waals surface area (Å²) in [7, 11) is 5.83. The number of ether oxygens (including phenoxy) is 1. The quantitative estimate of drug-likeness (QED) is 0.162. The van der Waals surface area contributed by atoms with Crippen LogP contribution in [0.4, 0.5) is 11.4 Å². The number of fused-ring (bicyclic) bond motifs is 2. The number of hydrogen-bond acceptors (Lipinski definition) is 9. The molecular formula is C41H45Cl3N10O3. The molecule has 2 amide bonds. The lowest BCUT2D eigenvalue weighted by Crippen LogP contribution is -2.32. The van der Waals surface area contributed by atoms with E-state index < -0.39 is 0 Å². The van der Waals surface area contributed by atoms with Crippen LogP contribution < -0.4 is 15.4 Å². The molecule has 0 aliphatic carbocycles. The Kier molecular flexibility index (Phi) is 12.3. The van der Waals surface area contributed by atoms with E-state index in [0.717, 1.165) is 85.3 Å². The summed E-state index contributed by atoms with van der Waals surface area (Å²) < 4.78 is 9.63. The van der Waals surface area contributed by atoms with Gasteiger partial charge in [-0.25, -0.2) is 19.3 Å². The van der Waals surface area contributed by atoms with Gasteiger partial charge in [0, 0.05) is 33.8 Å². The van der Waals surface area contributed by atoms with Crippen molar-refractivity contribution in [2.24, 2.45) is 0 Å². The molecule has 298 valence electrons. The Morgan fingerprint density at radius 1 is 0.649 bits per heavy atom. The molecule has 16 heteroatoms. The van der Waals surface area contributed by atoms with Crippen molar-refractivity contribution in [3.05, 3.63) is 98.5 Å². The molecule has 2 aliphatic rings. The highest BCUT2D eigenvalue weighted by Gasteiger charge is 2.27. The molecule has 2 fully saturated rings. The number of aryl methyl sites for hydroxylation is 2. The molecule has 2 saturated heterocycles. The number of rotatable bonds is 7. The molecule has 4 aromatic heterocycles. The SMILES string of the molecule is COc1c(C(=O)Nc2ccc(Cl)cc2)cnc2c1c(C)nn2C1CCN(C)CC1.Cc1nn(C2CCN(C)CC2)c2ncc(C(=O)Nc3ccc(Cl)cc3)c(Cl)c12. The van der Waals surface area contributed by atoms with E-state index in [4.69, 9.17) is 49.7 Å². The number of nitrogens with zero attached hydrogens (tertiary/aromatic N) is 8. The highest BCUT2D eigenvalue weighted by molar-refractivity contribution is 6.39. The van der Waals surface area contributed by atoms with E-state index in [-0.39, 0.29) is 11.8 Å². The lowest BCUT2D eigenvalue weighted by Gasteiger charge is -2.29. The molecule has 2 aromatic carbocycles. The first-order chi connectivity index (χ1) is 27.4. The minimum absolute atomic E-state index is 0.287. The minimum atomic E-state index is -0.312. The number of aromatic nitrogens is 6. The van der Waals surface area contributed by atoms with Crippen molar-refractivity contribution in [2.45, 2.75) is 51.6 Å². The van der Waals surface area contributed by atoms with Gasteiger partial charge in [-0.1, -0.05) is 34.8 Å². The van der Waals surface area contributed by atoms with Gasteiger partial charge in [0.05, 0.1) is 51.9 Å². The van der Waals surface area contributed by atoms with Crippen molar-refractivity contribution in [1.29, 1.82) is 0 Å². The summed E-state index contributed by atoms with van der Waals surface area (Å²) in [5.74, 6) is -0.101. The Morgan fingerprint density at radius 3 is 1.51 bits per heavy atom. The van der Waals surface area contributed by atoms with Gasteiger partial charge in [0.1, 0.15) is 11.3 Å². The van der Waals surface area contributed by atoms with Gasteiger partial charge in [-0.2, -0.15) is 10.2 Å². The van der Waals surface area contributed by atoms with Crippen molar-refractivity contribution in [1.82, 2.24) is 39.3 Å². The number of anilines is 2. The second-order valence-corrected chi connectivity index (χ2v) is 15.9. The predicted molar refractivity (Wildman–Crippen MR) is 226 cm³/mol. The highest BCUT2D eigenvalue weighted by atomic mass is 35.5. The molecular weight excluding hydrogens is 787 g/mol. The standard InChI is InChI=1S/C21H24ClN5O2.C20H21Cl2N5O/c1-13-18-19(29-3)17(21(28)24-15-6-4-14(22)5-7-15)12-23-20(18)27(25-13)16-8-10-26(2)11-9-16;1-12-17-18(22)16(20(28)24-14-5-3-13(21)4-6-14)11-23-19(17)27(25-12)15-7-9-26(2)10-8-15/h4-7,12,16H,8-11H2,1-3H3,(H,24,28);3-6,11,15H,7-10H2,1-2H3,(H,24,28). The fourth-order valence-electron chi connectivity index (χ4n) is 7.46. The molecule has 0 spiro atoms. The van der Waals surface area contributed by atoms with Crippen LogP contribution in [-0.4, -0.2) is 98.5 Å². The molecule has 13 nitrogen and oxygen atoms in total. The molecule has 6 heterocycles. The van der Waals surface area contributed by atoms with Crippen LogP contribution in [0.1, 0.15) is 69.9 Å². The van der Waals surface area contributed by atoms with Crippen LogP contribution in [0.5, 0.6) is 5.75 Å². The van der Waals surface area contributed by atoms with Crippen molar-refractivity contribution in [2.75, 3.05) is 58.0 Å². The van der Waals surface area contributed by atoms with E-state index in [1.807, 2.05) is 23.2 Å². The molecule has 6 aromatic rings. The van der Waals surface area contributed by atoms with Crippen molar-refractivity contribution in [3.8, 4) is 5.75 Å². The van der Waals surface area contributed by atoms with E-state index in [9.17, 15) is 9.59 Å². The normalized spacial score (nSPS) is 15.7. The summed E-state index contributed by atoms with van der Waals surface area (Å²) in [4.78, 5) is 39.4. The van der Waals surface area contributed by atoms with Crippen LogP contribution in [0.25, 0.3) is 22.1 Å². The smallest absolute Gasteiger partial charge is 0.261 e. The number of amides is 2. The number of benzene rings is 2. The number of pyridine rings is 2. The summed E-state index contributed by atoms with van der Waals surface area (Å²) in [5, 5.41) is 18.3. The summed E-state index contributed by atoms with van der Waals surface area (Å²) in [6, 6.07) is 14.5. The van der Waals surface area contributed by atoms with Crippen molar-refractivity contribution >= 4 is 80.1 Å². The zero-order valence-electron chi connectivity index (χ0n) is 32.5. The first-order valence-corrected chi connectivity index (χ1v) is 20.0. The van der Waals surface area contributed by atoms with Gasteiger partial charge in [0.25, 0.3) is 11.8 Å². The van der Waals surface area contributed by atoms with Gasteiger partial charge in [-0.15, -0.1) is 0 Å². The second-order valence-electron chi connectivity index (χ2n) is 14.6. The van der Waals surface area contributed by atoms with Gasteiger partial charge in [0.15, 0.2) is 11.3 Å². The van der Waals surface area contributed by atoms with Gasteiger partial charge in [0.2, 0.25) is 0 Å². The lowest BCUT2D eigenvalue weighted by molar-refractivity contribution is 0.101. The average molecular weight is 832 g/mol. The summed E-state index contributed by atoms with van der Waals surface area (Å²) in [6.45, 7) is 7.95. The minimum Gasteiger partial charge on any atom is -0.495 e. The summed E-state index contributed by atoms with van der Waals surface area (Å²) >= 11 is 18.4. The molecule has 0 radical (unpaired) electrons. The number of carbonyl (C=O) groups is 2. The van der Waals surface area contributed by atoms with Crippen molar-refractivity contribution in [3.63, 3.8) is 0 Å². The fourth-order valence-corrected chi connectivity index (χ4v) is 8.07. The van der Waals surface area contributed by atoms with Gasteiger partial charge in [-0.05, 0) is 128 Å². The van der Waals surface area contributed by atoms with Crippen LogP contribution >= 0.6 is 34.8 Å². The summed E-state index contributed by atoms with van der Waals surface area (Å²) in [6.07, 6.45) is 7.18. The molecule has 2 aliphatic heterocycles. The zero-order valence-corrected chi connectivity index (χ0v) is 34.8. The predicted octanol–water partition coefficient (Wildman–Crippen LogP) is 8.49. The number of halogens is 3. The Balaban J connectivity index is 0.000000174. The lowest BCUT2D eigenvalue weighted by atomic mass is 10.1. The first kappa shape index (κ1) is 40.4. The molecule has 0 saturated carbocycles.